The number of nitrogens with one attached hydrogen (secondary N) is 4. The summed E-state index contributed by atoms with van der Waals surface area (Å²) in [6.07, 6.45) is 5.23. The quantitative estimate of drug-likeness (QED) is 0.603. The molecule has 2 aromatic rings. The van der Waals surface area contributed by atoms with Gasteiger partial charge in [-0.2, -0.15) is 0 Å². The zero-order chi connectivity index (χ0) is 17.9. The summed E-state index contributed by atoms with van der Waals surface area (Å²) in [6.45, 7) is 2.56. The van der Waals surface area contributed by atoms with Crippen LogP contribution >= 0.6 is 0 Å². The van der Waals surface area contributed by atoms with Crippen LogP contribution in [0.25, 0.3) is 11.2 Å². The van der Waals surface area contributed by atoms with Gasteiger partial charge in [-0.25, -0.2) is 23.2 Å². The molecule has 0 saturated carbocycles. The Morgan fingerprint density at radius 2 is 2.32 bits per heavy atom. The van der Waals surface area contributed by atoms with Crippen molar-refractivity contribution in [3.8, 4) is 0 Å². The molecule has 4 N–H and O–H groups in total. The van der Waals surface area contributed by atoms with Crippen LogP contribution in [0.15, 0.2) is 18.5 Å². The molecule has 1 saturated heterocycles. The van der Waals surface area contributed by atoms with E-state index in [4.69, 9.17) is 0 Å². The number of amides is 2. The average molecular weight is 366 g/mol. The number of carbonyl (C=O) groups excluding carboxylic acids is 1. The predicted octanol–water partition coefficient (Wildman–Crippen LogP) is 0.982. The van der Waals surface area contributed by atoms with Gasteiger partial charge in [-0.3, -0.25) is 5.32 Å². The van der Waals surface area contributed by atoms with E-state index in [1.807, 2.05) is 0 Å². The molecule has 9 nitrogen and oxygen atoms in total. The van der Waals surface area contributed by atoms with Gasteiger partial charge in [0.25, 0.3) is 0 Å². The van der Waals surface area contributed by atoms with Gasteiger partial charge in [-0.15, -0.1) is 0 Å². The molecule has 10 heteroatoms. The lowest BCUT2D eigenvalue weighted by Gasteiger charge is -2.24. The summed E-state index contributed by atoms with van der Waals surface area (Å²) >= 11 is 0. The van der Waals surface area contributed by atoms with Crippen molar-refractivity contribution in [2.45, 2.75) is 37.6 Å². The number of carbonyl (C=O) groups is 1. The van der Waals surface area contributed by atoms with E-state index in [0.29, 0.717) is 24.0 Å². The van der Waals surface area contributed by atoms with Crippen LogP contribution in [0.1, 0.15) is 26.2 Å². The second-order valence-electron chi connectivity index (χ2n) is 6.06. The number of aromatic amines is 1. The van der Waals surface area contributed by atoms with Gasteiger partial charge in [-0.05, 0) is 31.9 Å². The van der Waals surface area contributed by atoms with Crippen LogP contribution in [-0.4, -0.2) is 53.1 Å². The number of nitrogens with zero attached hydrogens (tertiary/aromatic N) is 2. The van der Waals surface area contributed by atoms with Crippen molar-refractivity contribution in [2.75, 3.05) is 17.6 Å². The van der Waals surface area contributed by atoms with Gasteiger partial charge in [0.2, 0.25) is 0 Å². The molecule has 3 heterocycles. The second kappa shape index (κ2) is 7.36. The average Bonchev–Trinajstić information content (AvgIpc) is 3.23. The van der Waals surface area contributed by atoms with E-state index in [1.54, 1.807) is 19.2 Å². The number of urea groups is 1. The Hall–Kier alpha value is -2.20. The maximum Gasteiger partial charge on any atom is 0.321 e. The summed E-state index contributed by atoms with van der Waals surface area (Å²) in [5, 5.41) is 7.36. The number of hydrogen-bond donors (Lipinski definition) is 4. The highest BCUT2D eigenvalue weighted by molar-refractivity contribution is 7.92. The number of aromatic nitrogens is 3. The van der Waals surface area contributed by atoms with E-state index >= 15 is 0 Å². The first-order valence-corrected chi connectivity index (χ1v) is 10.0. The smallest absolute Gasteiger partial charge is 0.321 e. The summed E-state index contributed by atoms with van der Waals surface area (Å²) in [5.74, 6) is 0.293. The first-order chi connectivity index (χ1) is 12.0. The van der Waals surface area contributed by atoms with E-state index in [1.165, 1.54) is 6.20 Å². The Morgan fingerprint density at radius 1 is 1.48 bits per heavy atom. The lowest BCUT2D eigenvalue weighted by molar-refractivity contribution is 0.249. The van der Waals surface area contributed by atoms with E-state index in [-0.39, 0.29) is 17.6 Å². The fourth-order valence-corrected chi connectivity index (χ4v) is 4.84. The number of H-pyrrole nitrogens is 1. The van der Waals surface area contributed by atoms with Gasteiger partial charge in [0.1, 0.15) is 10.9 Å². The normalized spacial score (nSPS) is 19.0. The van der Waals surface area contributed by atoms with Gasteiger partial charge in [-0.1, -0.05) is 6.92 Å². The maximum absolute atomic E-state index is 12.5. The lowest BCUT2D eigenvalue weighted by atomic mass is 10.2. The molecular formula is C15H22N6O3S. The molecule has 0 spiro atoms. The highest BCUT2D eigenvalue weighted by Crippen LogP contribution is 2.16. The Labute approximate surface area is 145 Å². The largest absolute Gasteiger partial charge is 0.345 e. The van der Waals surface area contributed by atoms with Crippen molar-refractivity contribution in [3.63, 3.8) is 0 Å². The Kier molecular flexibility index (Phi) is 5.19. The van der Waals surface area contributed by atoms with E-state index in [2.05, 4.69) is 30.9 Å². The fourth-order valence-electron chi connectivity index (χ4n) is 2.99. The SMILES string of the molecule is CCCS(=O)(=O)C(NC(=O)Nc1cnc2[nH]ccc2n1)C1CCCN1. The first kappa shape index (κ1) is 17.6. The van der Waals surface area contributed by atoms with E-state index in [0.717, 1.165) is 13.0 Å². The fraction of sp³-hybridized carbons (Fsp3) is 0.533. The predicted molar refractivity (Wildman–Crippen MR) is 94.9 cm³/mol. The summed E-state index contributed by atoms with van der Waals surface area (Å²) in [7, 11) is -3.44. The van der Waals surface area contributed by atoms with Crippen LogP contribution in [-0.2, 0) is 9.84 Å². The first-order valence-electron chi connectivity index (χ1n) is 8.32. The lowest BCUT2D eigenvalue weighted by Crippen LogP contribution is -2.53. The van der Waals surface area contributed by atoms with E-state index < -0.39 is 21.2 Å². The Balaban J connectivity index is 1.72. The highest BCUT2D eigenvalue weighted by Gasteiger charge is 2.35. The van der Waals surface area contributed by atoms with Crippen LogP contribution in [0.5, 0.6) is 0 Å². The topological polar surface area (TPSA) is 129 Å². The van der Waals surface area contributed by atoms with E-state index in [9.17, 15) is 13.2 Å². The Bertz CT molecular complexity index is 844. The number of sulfone groups is 1. The third-order valence-corrected chi connectivity index (χ3v) is 6.31. The van der Waals surface area contributed by atoms with Crippen LogP contribution < -0.4 is 16.0 Å². The zero-order valence-corrected chi connectivity index (χ0v) is 14.8. The maximum atomic E-state index is 12.5. The van der Waals surface area contributed by atoms with Crippen molar-refractivity contribution in [2.24, 2.45) is 0 Å². The summed E-state index contributed by atoms with van der Waals surface area (Å²) in [6, 6.07) is 0.852. The van der Waals surface area contributed by atoms with Gasteiger partial charge < -0.3 is 15.6 Å². The van der Waals surface area contributed by atoms with Crippen molar-refractivity contribution >= 4 is 32.9 Å². The third-order valence-electron chi connectivity index (χ3n) is 4.12. The summed E-state index contributed by atoms with van der Waals surface area (Å²) < 4.78 is 25.1. The standard InChI is InChI=1S/C15H22N6O3S/c1-2-8-25(23,24)14(11-4-3-6-16-11)21-15(22)20-12-9-18-13-10(19-12)5-7-17-13/h5,7,9,11,14,16H,2-4,6,8H2,1H3,(H,17,18)(H2,19,20,21,22). The molecule has 136 valence electrons. The molecule has 1 aliphatic rings. The number of fused-ring (bicyclic) bond motifs is 1. The molecule has 2 aromatic heterocycles. The summed E-state index contributed by atoms with van der Waals surface area (Å²) in [4.78, 5) is 23.6. The second-order valence-corrected chi connectivity index (χ2v) is 8.30. The van der Waals surface area contributed by atoms with Gasteiger partial charge in [0, 0.05) is 12.2 Å². The molecule has 1 aliphatic heterocycles. The molecule has 0 bridgehead atoms. The van der Waals surface area contributed by atoms with Gasteiger partial charge in [0.05, 0.1) is 11.9 Å². The number of rotatable bonds is 6. The molecule has 25 heavy (non-hydrogen) atoms. The molecule has 2 amide bonds. The molecule has 0 radical (unpaired) electrons. The minimum absolute atomic E-state index is 0.0330. The van der Waals surface area contributed by atoms with Crippen LogP contribution in [0, 0.1) is 0 Å². The Morgan fingerprint density at radius 3 is 3.04 bits per heavy atom. The molecule has 1 fully saturated rings. The number of anilines is 1. The van der Waals surface area contributed by atoms with Crippen molar-refractivity contribution < 1.29 is 13.2 Å². The molecule has 0 aromatic carbocycles. The molecule has 2 atom stereocenters. The van der Waals surface area contributed by atoms with Gasteiger partial charge in [0.15, 0.2) is 21.3 Å². The third kappa shape index (κ3) is 4.07. The zero-order valence-electron chi connectivity index (χ0n) is 13.9. The molecule has 0 aliphatic carbocycles. The van der Waals surface area contributed by atoms with Crippen molar-refractivity contribution in [1.82, 2.24) is 25.6 Å². The van der Waals surface area contributed by atoms with Crippen molar-refractivity contribution in [3.05, 3.63) is 18.5 Å². The molecule has 2 unspecified atom stereocenters. The van der Waals surface area contributed by atoms with Crippen LogP contribution in [0.3, 0.4) is 0 Å². The minimum atomic E-state index is -3.44. The molecular weight excluding hydrogens is 344 g/mol. The highest BCUT2D eigenvalue weighted by atomic mass is 32.2. The van der Waals surface area contributed by atoms with Gasteiger partial charge >= 0.3 is 6.03 Å². The van der Waals surface area contributed by atoms with Crippen LogP contribution in [0.4, 0.5) is 10.6 Å². The van der Waals surface area contributed by atoms with Crippen LogP contribution in [0.2, 0.25) is 0 Å². The molecule has 3 rings (SSSR count). The van der Waals surface area contributed by atoms with Crippen molar-refractivity contribution in [1.29, 1.82) is 0 Å². The minimum Gasteiger partial charge on any atom is -0.345 e. The number of hydrogen-bond acceptors (Lipinski definition) is 6. The monoisotopic (exact) mass is 366 g/mol. The summed E-state index contributed by atoms with van der Waals surface area (Å²) in [5.41, 5.74) is 1.23.